The molecule has 0 spiro atoms. The van der Waals surface area contributed by atoms with Gasteiger partial charge >= 0.3 is 0 Å². The minimum Gasteiger partial charge on any atom is -0.302 e. The summed E-state index contributed by atoms with van der Waals surface area (Å²) in [6.45, 7) is 0.903. The molecule has 0 atom stereocenters. The van der Waals surface area contributed by atoms with Crippen LogP contribution in [-0.2, 0) is 11.3 Å². The normalized spacial score (nSPS) is 10.6. The van der Waals surface area contributed by atoms with Crippen molar-refractivity contribution >= 4 is 22.4 Å². The monoisotopic (exact) mass is 356 g/mol. The minimum absolute atomic E-state index is 0.0296. The predicted molar refractivity (Wildman–Crippen MR) is 96.6 cm³/mol. The molecule has 0 aliphatic carbocycles. The molecule has 25 heavy (non-hydrogen) atoms. The fourth-order valence-corrected chi connectivity index (χ4v) is 3.17. The molecule has 0 saturated heterocycles. The minimum atomic E-state index is -0.277. The van der Waals surface area contributed by atoms with Crippen LogP contribution in [-0.4, -0.2) is 10.9 Å². The second kappa shape index (κ2) is 8.48. The van der Waals surface area contributed by atoms with Crippen LogP contribution in [0.2, 0.25) is 0 Å². The summed E-state index contributed by atoms with van der Waals surface area (Å²) in [4.78, 5) is 16.4. The van der Waals surface area contributed by atoms with Gasteiger partial charge in [-0.2, -0.15) is 0 Å². The van der Waals surface area contributed by atoms with Gasteiger partial charge < -0.3 is 5.32 Å². The number of benzene rings is 1. The van der Waals surface area contributed by atoms with Gasteiger partial charge in [-0.05, 0) is 30.7 Å². The smallest absolute Gasteiger partial charge is 0.226 e. The molecule has 0 fully saturated rings. The summed E-state index contributed by atoms with van der Waals surface area (Å²) in [5.41, 5.74) is 1.57. The predicted octanol–water partition coefficient (Wildman–Crippen LogP) is 4.05. The molecule has 6 heteroatoms. The summed E-state index contributed by atoms with van der Waals surface area (Å²) in [6, 6.07) is 12.1. The van der Waals surface area contributed by atoms with E-state index in [9.17, 15) is 9.18 Å². The first-order valence-electron chi connectivity index (χ1n) is 8.16. The van der Waals surface area contributed by atoms with E-state index in [0.717, 1.165) is 30.6 Å². The molecule has 0 saturated carbocycles. The van der Waals surface area contributed by atoms with E-state index in [1.54, 1.807) is 12.1 Å². The van der Waals surface area contributed by atoms with Crippen molar-refractivity contribution in [1.82, 2.24) is 4.98 Å². The van der Waals surface area contributed by atoms with Crippen LogP contribution >= 0.6 is 11.3 Å². The maximum atomic E-state index is 13.0. The Labute approximate surface area is 150 Å². The third kappa shape index (κ3) is 5.19. The molecular formula is C19H19FN3OS+. The third-order valence-corrected chi connectivity index (χ3v) is 4.50. The number of anilines is 1. The lowest BCUT2D eigenvalue weighted by molar-refractivity contribution is -0.697. The lowest BCUT2D eigenvalue weighted by Crippen LogP contribution is -2.32. The lowest BCUT2D eigenvalue weighted by atomic mass is 10.2. The summed E-state index contributed by atoms with van der Waals surface area (Å²) in [6.07, 6.45) is 6.28. The number of carbonyl (C=O) groups excluding carboxylic acids is 1. The van der Waals surface area contributed by atoms with E-state index in [-0.39, 0.29) is 11.7 Å². The van der Waals surface area contributed by atoms with Crippen molar-refractivity contribution in [1.29, 1.82) is 0 Å². The van der Waals surface area contributed by atoms with Crippen LogP contribution in [0.4, 0.5) is 9.52 Å². The van der Waals surface area contributed by atoms with Crippen molar-refractivity contribution in [3.63, 3.8) is 0 Å². The van der Waals surface area contributed by atoms with Gasteiger partial charge in [-0.25, -0.2) is 13.9 Å². The number of rotatable bonds is 7. The molecule has 4 nitrogen and oxygen atoms in total. The molecule has 1 aromatic carbocycles. The fourth-order valence-electron chi connectivity index (χ4n) is 2.43. The summed E-state index contributed by atoms with van der Waals surface area (Å²) < 4.78 is 15.1. The van der Waals surface area contributed by atoms with Crippen molar-refractivity contribution in [2.75, 3.05) is 5.32 Å². The van der Waals surface area contributed by atoms with Crippen LogP contribution in [0, 0.1) is 5.82 Å². The maximum Gasteiger partial charge on any atom is 0.226 e. The average molecular weight is 356 g/mol. The Morgan fingerprint density at radius 2 is 1.88 bits per heavy atom. The topological polar surface area (TPSA) is 45.9 Å². The molecule has 0 aliphatic heterocycles. The van der Waals surface area contributed by atoms with Crippen molar-refractivity contribution in [3.05, 3.63) is 66.1 Å². The van der Waals surface area contributed by atoms with Gasteiger partial charge in [0.25, 0.3) is 0 Å². The van der Waals surface area contributed by atoms with E-state index in [0.29, 0.717) is 11.6 Å². The number of hydrogen-bond acceptors (Lipinski definition) is 3. The highest BCUT2D eigenvalue weighted by molar-refractivity contribution is 7.14. The number of thiazole rings is 1. The molecule has 2 heterocycles. The van der Waals surface area contributed by atoms with E-state index in [2.05, 4.69) is 14.9 Å². The van der Waals surface area contributed by atoms with Crippen LogP contribution in [0.25, 0.3) is 11.3 Å². The summed E-state index contributed by atoms with van der Waals surface area (Å²) in [7, 11) is 0. The molecule has 1 N–H and O–H groups in total. The van der Waals surface area contributed by atoms with E-state index in [1.165, 1.54) is 23.5 Å². The van der Waals surface area contributed by atoms with E-state index in [4.69, 9.17) is 0 Å². The zero-order valence-electron chi connectivity index (χ0n) is 13.7. The first kappa shape index (κ1) is 17.2. The van der Waals surface area contributed by atoms with Crippen molar-refractivity contribution in [2.24, 2.45) is 0 Å². The number of nitrogens with zero attached hydrogens (tertiary/aromatic N) is 2. The van der Waals surface area contributed by atoms with Gasteiger partial charge in [-0.1, -0.05) is 6.07 Å². The van der Waals surface area contributed by atoms with Gasteiger partial charge in [-0.15, -0.1) is 11.3 Å². The number of unbranched alkanes of at least 4 members (excludes halogenated alkanes) is 1. The SMILES string of the molecule is O=C(CCCC[n+]1ccccc1)Nc1nc(-c2ccc(F)cc2)cs1. The second-order valence-corrected chi connectivity index (χ2v) is 6.52. The van der Waals surface area contributed by atoms with Crippen LogP contribution in [0.5, 0.6) is 0 Å². The van der Waals surface area contributed by atoms with Gasteiger partial charge in [0.15, 0.2) is 17.5 Å². The van der Waals surface area contributed by atoms with Crippen LogP contribution in [0.1, 0.15) is 19.3 Å². The van der Waals surface area contributed by atoms with E-state index in [1.807, 2.05) is 36.0 Å². The standard InChI is InChI=1S/C19H18FN3OS/c20-16-9-7-15(8-10-16)17-14-25-19(21-17)22-18(24)6-2-5-13-23-11-3-1-4-12-23/h1,3-4,7-12,14H,2,5-6,13H2/p+1. The molecule has 3 aromatic rings. The Kier molecular flexibility index (Phi) is 5.85. The zero-order valence-corrected chi connectivity index (χ0v) is 14.5. The molecular weight excluding hydrogens is 337 g/mol. The Hall–Kier alpha value is -2.60. The molecule has 1 amide bonds. The fraction of sp³-hybridized carbons (Fsp3) is 0.211. The van der Waals surface area contributed by atoms with Gasteiger partial charge in [0.05, 0.1) is 5.69 Å². The number of pyridine rings is 1. The Morgan fingerprint density at radius 1 is 1.12 bits per heavy atom. The number of nitrogens with one attached hydrogen (secondary N) is 1. The van der Waals surface area contributed by atoms with Gasteiger partial charge in [-0.3, -0.25) is 4.79 Å². The lowest BCUT2D eigenvalue weighted by Gasteiger charge is -2.01. The molecule has 0 bridgehead atoms. The van der Waals surface area contributed by atoms with E-state index < -0.39 is 0 Å². The molecule has 0 aliphatic rings. The summed E-state index contributed by atoms with van der Waals surface area (Å²) in [5, 5.41) is 5.26. The highest BCUT2D eigenvalue weighted by Gasteiger charge is 2.09. The second-order valence-electron chi connectivity index (χ2n) is 5.66. The van der Waals surface area contributed by atoms with Crippen LogP contribution in [0.3, 0.4) is 0 Å². The van der Waals surface area contributed by atoms with E-state index >= 15 is 0 Å². The number of aromatic nitrogens is 2. The zero-order chi connectivity index (χ0) is 17.5. The van der Waals surface area contributed by atoms with Crippen molar-refractivity contribution < 1.29 is 13.8 Å². The summed E-state index contributed by atoms with van der Waals surface area (Å²) >= 11 is 1.37. The summed E-state index contributed by atoms with van der Waals surface area (Å²) in [5.74, 6) is -0.306. The van der Waals surface area contributed by atoms with Crippen LogP contribution in [0.15, 0.2) is 60.2 Å². The highest BCUT2D eigenvalue weighted by Crippen LogP contribution is 2.25. The average Bonchev–Trinajstić information content (AvgIpc) is 3.09. The third-order valence-electron chi connectivity index (χ3n) is 3.74. The van der Waals surface area contributed by atoms with Gasteiger partial charge in [0.1, 0.15) is 12.4 Å². The Morgan fingerprint density at radius 3 is 2.64 bits per heavy atom. The molecule has 3 rings (SSSR count). The molecule has 2 aromatic heterocycles. The molecule has 0 unspecified atom stereocenters. The van der Waals surface area contributed by atoms with Crippen molar-refractivity contribution in [2.45, 2.75) is 25.8 Å². The first-order valence-corrected chi connectivity index (χ1v) is 9.04. The van der Waals surface area contributed by atoms with Gasteiger partial charge in [0, 0.05) is 35.9 Å². The molecule has 128 valence electrons. The maximum absolute atomic E-state index is 13.0. The van der Waals surface area contributed by atoms with Gasteiger partial charge in [0.2, 0.25) is 5.91 Å². The number of aryl methyl sites for hydroxylation is 1. The quantitative estimate of drug-likeness (QED) is 0.513. The Balaban J connectivity index is 1.44. The highest BCUT2D eigenvalue weighted by atomic mass is 32.1. The number of hydrogen-bond donors (Lipinski definition) is 1. The van der Waals surface area contributed by atoms with Crippen LogP contribution < -0.4 is 9.88 Å². The largest absolute Gasteiger partial charge is 0.302 e. The number of halogens is 1. The molecule has 0 radical (unpaired) electrons. The first-order chi connectivity index (χ1) is 12.2. The Bertz CT molecular complexity index is 818. The number of carbonyl (C=O) groups is 1. The van der Waals surface area contributed by atoms with Crippen molar-refractivity contribution in [3.8, 4) is 11.3 Å². The number of amides is 1.